The number of rotatable bonds is 6. The largest absolute Gasteiger partial charge is 0.452 e. The van der Waals surface area contributed by atoms with Crippen molar-refractivity contribution >= 4 is 51.0 Å². The van der Waals surface area contributed by atoms with Gasteiger partial charge in [0.1, 0.15) is 0 Å². The number of benzene rings is 2. The molecule has 0 spiro atoms. The lowest BCUT2D eigenvalue weighted by atomic mass is 10.2. The first kappa shape index (κ1) is 19.9. The highest BCUT2D eigenvalue weighted by Crippen LogP contribution is 2.19. The number of anilines is 1. The predicted molar refractivity (Wildman–Crippen MR) is 102 cm³/mol. The van der Waals surface area contributed by atoms with Crippen LogP contribution in [0.25, 0.3) is 0 Å². The molecule has 2 aromatic carbocycles. The number of halogens is 2. The number of carbonyl (C=O) groups excluding carboxylic acids is 3. The number of amides is 2. The molecule has 0 radical (unpaired) electrons. The van der Waals surface area contributed by atoms with Crippen LogP contribution in [0, 0.1) is 6.92 Å². The van der Waals surface area contributed by atoms with Gasteiger partial charge in [0.15, 0.2) is 6.61 Å². The lowest BCUT2D eigenvalue weighted by Crippen LogP contribution is -2.35. The molecule has 2 aromatic rings. The highest BCUT2D eigenvalue weighted by atomic mass is 79.9. The van der Waals surface area contributed by atoms with Gasteiger partial charge in [-0.2, -0.15) is 0 Å². The third-order valence-corrected chi connectivity index (χ3v) is 4.16. The van der Waals surface area contributed by atoms with Crippen molar-refractivity contribution in [1.29, 1.82) is 0 Å². The van der Waals surface area contributed by atoms with Gasteiger partial charge < -0.3 is 15.4 Å². The zero-order valence-corrected chi connectivity index (χ0v) is 16.2. The fourth-order valence-electron chi connectivity index (χ4n) is 2.03. The Labute approximate surface area is 164 Å². The van der Waals surface area contributed by atoms with E-state index in [1.165, 1.54) is 6.07 Å². The Morgan fingerprint density at radius 3 is 2.54 bits per heavy atom. The van der Waals surface area contributed by atoms with Gasteiger partial charge >= 0.3 is 5.97 Å². The number of ether oxygens (including phenoxy) is 1. The molecule has 0 aromatic heterocycles. The van der Waals surface area contributed by atoms with Crippen molar-refractivity contribution in [3.63, 3.8) is 0 Å². The fourth-order valence-corrected chi connectivity index (χ4v) is 2.72. The maximum atomic E-state index is 11.9. The van der Waals surface area contributed by atoms with Crippen molar-refractivity contribution in [2.75, 3.05) is 18.5 Å². The molecule has 0 aliphatic heterocycles. The smallest absolute Gasteiger partial charge is 0.340 e. The number of carbonyl (C=O) groups is 3. The van der Waals surface area contributed by atoms with Crippen molar-refractivity contribution in [2.24, 2.45) is 0 Å². The molecule has 136 valence electrons. The number of aryl methyl sites for hydroxylation is 1. The van der Waals surface area contributed by atoms with Crippen molar-refractivity contribution in [1.82, 2.24) is 5.32 Å². The second kappa shape index (κ2) is 9.35. The average Bonchev–Trinajstić information content (AvgIpc) is 2.60. The van der Waals surface area contributed by atoms with Crippen molar-refractivity contribution in [2.45, 2.75) is 6.92 Å². The van der Waals surface area contributed by atoms with Gasteiger partial charge in [-0.1, -0.05) is 39.7 Å². The first-order valence-electron chi connectivity index (χ1n) is 7.61. The van der Waals surface area contributed by atoms with E-state index in [2.05, 4.69) is 26.6 Å². The second-order valence-corrected chi connectivity index (χ2v) is 6.66. The van der Waals surface area contributed by atoms with E-state index in [4.69, 9.17) is 16.3 Å². The van der Waals surface area contributed by atoms with Gasteiger partial charge in [0.2, 0.25) is 5.91 Å². The SMILES string of the molecule is Cc1cc(Br)ccc1NC(=O)CNC(=O)COC(=O)c1ccccc1Cl. The summed E-state index contributed by atoms with van der Waals surface area (Å²) in [6.45, 7) is 1.11. The quantitative estimate of drug-likeness (QED) is 0.676. The lowest BCUT2D eigenvalue weighted by Gasteiger charge is -2.10. The van der Waals surface area contributed by atoms with Crippen LogP contribution in [0.15, 0.2) is 46.9 Å². The standard InChI is InChI=1S/C18H16BrClN2O4/c1-11-8-12(19)6-7-15(11)22-16(23)9-21-17(24)10-26-18(25)13-4-2-3-5-14(13)20/h2-8H,9-10H2,1H3,(H,21,24)(H,22,23). The molecule has 0 atom stereocenters. The summed E-state index contributed by atoms with van der Waals surface area (Å²) in [5, 5.41) is 5.31. The predicted octanol–water partition coefficient (Wildman–Crippen LogP) is 3.32. The molecule has 6 nitrogen and oxygen atoms in total. The number of nitrogens with one attached hydrogen (secondary N) is 2. The van der Waals surface area contributed by atoms with Crippen molar-refractivity contribution < 1.29 is 19.1 Å². The summed E-state index contributed by atoms with van der Waals surface area (Å²) < 4.78 is 5.79. The maximum Gasteiger partial charge on any atom is 0.340 e. The van der Waals surface area contributed by atoms with Crippen LogP contribution in [0.1, 0.15) is 15.9 Å². The number of esters is 1. The summed E-state index contributed by atoms with van der Waals surface area (Å²) in [6, 6.07) is 11.8. The van der Waals surface area contributed by atoms with Gasteiger partial charge in [-0.3, -0.25) is 9.59 Å². The summed E-state index contributed by atoms with van der Waals surface area (Å²) in [7, 11) is 0. The summed E-state index contributed by atoms with van der Waals surface area (Å²) in [4.78, 5) is 35.5. The molecule has 0 aliphatic carbocycles. The molecule has 0 saturated carbocycles. The summed E-state index contributed by atoms with van der Waals surface area (Å²) in [5.41, 5.74) is 1.70. The Kier molecular flexibility index (Phi) is 7.17. The summed E-state index contributed by atoms with van der Waals surface area (Å²) in [5.74, 6) is -1.69. The number of hydrogen-bond donors (Lipinski definition) is 2. The highest BCUT2D eigenvalue weighted by molar-refractivity contribution is 9.10. The molecule has 0 saturated heterocycles. The topological polar surface area (TPSA) is 84.5 Å². The molecule has 0 aliphatic rings. The molecule has 0 unspecified atom stereocenters. The van der Waals surface area contributed by atoms with Gasteiger partial charge in [-0.05, 0) is 42.8 Å². The summed E-state index contributed by atoms with van der Waals surface area (Å²) >= 11 is 9.22. The Bertz CT molecular complexity index is 842. The van der Waals surface area contributed by atoms with Crippen LogP contribution >= 0.6 is 27.5 Å². The molecule has 26 heavy (non-hydrogen) atoms. The van der Waals surface area contributed by atoms with Crippen LogP contribution in [0.3, 0.4) is 0 Å². The first-order valence-corrected chi connectivity index (χ1v) is 8.78. The van der Waals surface area contributed by atoms with Crippen LogP contribution in [-0.4, -0.2) is 30.9 Å². The van der Waals surface area contributed by atoms with Crippen LogP contribution in [0.5, 0.6) is 0 Å². The molecular weight excluding hydrogens is 424 g/mol. The van der Waals surface area contributed by atoms with E-state index in [0.717, 1.165) is 10.0 Å². The minimum atomic E-state index is -0.708. The highest BCUT2D eigenvalue weighted by Gasteiger charge is 2.14. The maximum absolute atomic E-state index is 11.9. The minimum Gasteiger partial charge on any atom is -0.452 e. The molecule has 0 heterocycles. The molecule has 0 fully saturated rings. The zero-order chi connectivity index (χ0) is 19.1. The Morgan fingerprint density at radius 1 is 1.12 bits per heavy atom. The van der Waals surface area contributed by atoms with Gasteiger partial charge in [0, 0.05) is 10.2 Å². The second-order valence-electron chi connectivity index (χ2n) is 5.34. The Balaban J connectivity index is 1.77. The molecule has 0 bridgehead atoms. The summed E-state index contributed by atoms with van der Waals surface area (Å²) in [6.07, 6.45) is 0. The third kappa shape index (κ3) is 5.86. The molecule has 2 rings (SSSR count). The van der Waals surface area contributed by atoms with E-state index in [1.54, 1.807) is 30.3 Å². The van der Waals surface area contributed by atoms with Crippen LogP contribution in [0.2, 0.25) is 5.02 Å². The third-order valence-electron chi connectivity index (χ3n) is 3.34. The van der Waals surface area contributed by atoms with Gasteiger partial charge in [0.25, 0.3) is 5.91 Å². The zero-order valence-electron chi connectivity index (χ0n) is 13.8. The average molecular weight is 440 g/mol. The first-order chi connectivity index (χ1) is 12.4. The Hall–Kier alpha value is -2.38. The van der Waals surface area contributed by atoms with E-state index in [9.17, 15) is 14.4 Å². The van der Waals surface area contributed by atoms with Crippen LogP contribution in [-0.2, 0) is 14.3 Å². The van der Waals surface area contributed by atoms with Crippen molar-refractivity contribution in [3.8, 4) is 0 Å². The van der Waals surface area contributed by atoms with Crippen LogP contribution < -0.4 is 10.6 Å². The lowest BCUT2D eigenvalue weighted by molar-refractivity contribution is -0.126. The van der Waals surface area contributed by atoms with Crippen LogP contribution in [0.4, 0.5) is 5.69 Å². The van der Waals surface area contributed by atoms with E-state index in [1.807, 2.05) is 13.0 Å². The van der Waals surface area contributed by atoms with Crippen molar-refractivity contribution in [3.05, 3.63) is 63.1 Å². The van der Waals surface area contributed by atoms with E-state index < -0.39 is 18.5 Å². The minimum absolute atomic E-state index is 0.172. The number of hydrogen-bond acceptors (Lipinski definition) is 4. The molecule has 8 heteroatoms. The normalized spacial score (nSPS) is 10.1. The Morgan fingerprint density at radius 2 is 1.85 bits per heavy atom. The van der Waals surface area contributed by atoms with E-state index in [-0.39, 0.29) is 23.0 Å². The van der Waals surface area contributed by atoms with E-state index in [0.29, 0.717) is 5.69 Å². The molecule has 2 amide bonds. The van der Waals surface area contributed by atoms with Gasteiger partial charge in [0.05, 0.1) is 17.1 Å². The fraction of sp³-hybridized carbons (Fsp3) is 0.167. The molecule has 2 N–H and O–H groups in total. The van der Waals surface area contributed by atoms with E-state index >= 15 is 0 Å². The van der Waals surface area contributed by atoms with Gasteiger partial charge in [-0.15, -0.1) is 0 Å². The molecular formula is C18H16BrClN2O4. The van der Waals surface area contributed by atoms with Gasteiger partial charge in [-0.25, -0.2) is 4.79 Å². The monoisotopic (exact) mass is 438 g/mol.